The third-order valence-corrected chi connectivity index (χ3v) is 6.12. The maximum absolute atomic E-state index is 11.9. The number of fused-ring (bicyclic) bond motifs is 4. The molecule has 1 aromatic carbocycles. The van der Waals surface area contributed by atoms with Gasteiger partial charge in [-0.05, 0) is 55.7 Å². The lowest BCUT2D eigenvalue weighted by Crippen LogP contribution is -2.40. The van der Waals surface area contributed by atoms with E-state index in [-0.39, 0.29) is 17.4 Å². The number of rotatable bonds is 4. The van der Waals surface area contributed by atoms with Crippen LogP contribution in [0.15, 0.2) is 75.6 Å². The van der Waals surface area contributed by atoms with Crippen molar-refractivity contribution in [3.8, 4) is 0 Å². The molecular formula is C26H27N3O2. The molecule has 5 nitrogen and oxygen atoms in total. The van der Waals surface area contributed by atoms with Crippen LogP contribution in [0.4, 0.5) is 0 Å². The smallest absolute Gasteiger partial charge is 0.251 e. The van der Waals surface area contributed by atoms with E-state index in [0.717, 1.165) is 29.7 Å². The number of nitrogens with zero attached hydrogens (tertiary/aromatic N) is 1. The molecule has 2 N–H and O–H groups in total. The zero-order valence-corrected chi connectivity index (χ0v) is 18.1. The maximum Gasteiger partial charge on any atom is 0.251 e. The summed E-state index contributed by atoms with van der Waals surface area (Å²) in [5, 5.41) is 2.64. The van der Waals surface area contributed by atoms with Gasteiger partial charge in [0.25, 0.3) is 5.91 Å². The highest BCUT2D eigenvalue weighted by molar-refractivity contribution is 5.94. The van der Waals surface area contributed by atoms with Crippen LogP contribution in [0.1, 0.15) is 47.4 Å². The number of amides is 1. The molecule has 0 saturated heterocycles. The molecule has 0 fully saturated rings. The number of carbonyl (C=O) groups excluding carboxylic acids is 1. The Balaban J connectivity index is 1.71. The number of hydrogen-bond acceptors (Lipinski definition) is 3. The summed E-state index contributed by atoms with van der Waals surface area (Å²) in [6.07, 6.45) is 11.8. The molecule has 4 rings (SSSR count). The SMILES string of the molecule is C/C=C1\C2C=C(C)CC1(/N=C/C=C/c1cccc(C(=O)NC)c1)c1ccc(=O)[nH]c1C2. The van der Waals surface area contributed by atoms with E-state index in [1.165, 1.54) is 11.1 Å². The number of H-pyrrole nitrogens is 1. The monoisotopic (exact) mass is 413 g/mol. The third kappa shape index (κ3) is 3.83. The molecule has 0 radical (unpaired) electrons. The summed E-state index contributed by atoms with van der Waals surface area (Å²) in [4.78, 5) is 31.9. The van der Waals surface area contributed by atoms with Gasteiger partial charge in [-0.15, -0.1) is 0 Å². The second-order valence-electron chi connectivity index (χ2n) is 8.16. The summed E-state index contributed by atoms with van der Waals surface area (Å²) in [7, 11) is 1.62. The number of aromatic nitrogens is 1. The van der Waals surface area contributed by atoms with E-state index in [2.05, 4.69) is 36.3 Å². The lowest BCUT2D eigenvalue weighted by Gasteiger charge is -2.45. The van der Waals surface area contributed by atoms with Crippen LogP contribution in [-0.2, 0) is 12.0 Å². The molecule has 2 aromatic rings. The number of allylic oxidation sites excluding steroid dienone is 3. The first-order valence-corrected chi connectivity index (χ1v) is 10.6. The minimum Gasteiger partial charge on any atom is -0.355 e. The Bertz CT molecular complexity index is 1200. The average molecular weight is 414 g/mol. The van der Waals surface area contributed by atoms with Crippen LogP contribution in [0.5, 0.6) is 0 Å². The zero-order chi connectivity index (χ0) is 22.0. The topological polar surface area (TPSA) is 74.3 Å². The third-order valence-electron chi connectivity index (χ3n) is 6.12. The van der Waals surface area contributed by atoms with Gasteiger partial charge in [0.05, 0.1) is 0 Å². The highest BCUT2D eigenvalue weighted by atomic mass is 16.1. The Morgan fingerprint density at radius 1 is 1.29 bits per heavy atom. The number of benzene rings is 1. The number of carbonyl (C=O) groups is 1. The molecule has 2 aliphatic carbocycles. The first-order chi connectivity index (χ1) is 15.0. The van der Waals surface area contributed by atoms with Crippen molar-refractivity contribution in [2.75, 3.05) is 7.05 Å². The first kappa shape index (κ1) is 20.8. The summed E-state index contributed by atoms with van der Waals surface area (Å²) < 4.78 is 0. The Labute approximate surface area is 182 Å². The number of aliphatic imine (C=N–C) groups is 1. The molecule has 158 valence electrons. The normalized spacial score (nSPS) is 23.8. The van der Waals surface area contributed by atoms with Crippen molar-refractivity contribution in [1.82, 2.24) is 10.3 Å². The molecule has 0 aliphatic heterocycles. The van der Waals surface area contributed by atoms with Gasteiger partial charge < -0.3 is 10.3 Å². The lowest BCUT2D eigenvalue weighted by molar-refractivity contribution is 0.0963. The van der Waals surface area contributed by atoms with E-state index in [1.807, 2.05) is 42.6 Å². The quantitative estimate of drug-likeness (QED) is 0.583. The molecule has 0 spiro atoms. The van der Waals surface area contributed by atoms with Crippen LogP contribution in [0.3, 0.4) is 0 Å². The second-order valence-corrected chi connectivity index (χ2v) is 8.16. The highest BCUT2D eigenvalue weighted by Gasteiger charge is 2.46. The predicted octanol–water partition coefficient (Wildman–Crippen LogP) is 4.18. The Morgan fingerprint density at radius 3 is 2.90 bits per heavy atom. The summed E-state index contributed by atoms with van der Waals surface area (Å²) in [5.74, 6) is 0.138. The summed E-state index contributed by atoms with van der Waals surface area (Å²) in [6.45, 7) is 4.22. The van der Waals surface area contributed by atoms with Gasteiger partial charge in [0, 0.05) is 48.5 Å². The van der Waals surface area contributed by atoms with Crippen molar-refractivity contribution < 1.29 is 4.79 Å². The molecule has 1 amide bonds. The maximum atomic E-state index is 11.9. The molecule has 5 heteroatoms. The Kier molecular flexibility index (Phi) is 5.59. The van der Waals surface area contributed by atoms with Crippen molar-refractivity contribution >= 4 is 18.2 Å². The van der Waals surface area contributed by atoms with Crippen molar-refractivity contribution in [2.45, 2.75) is 32.2 Å². The Hall–Kier alpha value is -3.47. The fourth-order valence-electron chi connectivity index (χ4n) is 4.90. The lowest BCUT2D eigenvalue weighted by atomic mass is 9.63. The number of nitrogens with one attached hydrogen (secondary N) is 2. The number of hydrogen-bond donors (Lipinski definition) is 2. The van der Waals surface area contributed by atoms with Crippen LogP contribution in [0, 0.1) is 5.92 Å². The second kappa shape index (κ2) is 8.34. The van der Waals surface area contributed by atoms with Gasteiger partial charge in [-0.2, -0.15) is 0 Å². The fourth-order valence-corrected chi connectivity index (χ4v) is 4.90. The molecule has 2 unspecified atom stereocenters. The molecule has 31 heavy (non-hydrogen) atoms. The van der Waals surface area contributed by atoms with Gasteiger partial charge in [0.1, 0.15) is 5.54 Å². The number of pyridine rings is 1. The van der Waals surface area contributed by atoms with Gasteiger partial charge in [-0.25, -0.2) is 0 Å². The minimum absolute atomic E-state index is 0.0727. The number of aromatic amines is 1. The minimum atomic E-state index is -0.496. The molecule has 1 aromatic heterocycles. The highest BCUT2D eigenvalue weighted by Crippen LogP contribution is 2.51. The molecular weight excluding hydrogens is 386 g/mol. The molecule has 2 bridgehead atoms. The largest absolute Gasteiger partial charge is 0.355 e. The van der Waals surface area contributed by atoms with Crippen LogP contribution in [-0.4, -0.2) is 24.2 Å². The van der Waals surface area contributed by atoms with Gasteiger partial charge >= 0.3 is 0 Å². The van der Waals surface area contributed by atoms with Crippen molar-refractivity contribution in [2.24, 2.45) is 10.9 Å². The van der Waals surface area contributed by atoms with Gasteiger partial charge in [-0.3, -0.25) is 14.6 Å². The van der Waals surface area contributed by atoms with E-state index in [9.17, 15) is 9.59 Å². The Morgan fingerprint density at radius 2 is 2.13 bits per heavy atom. The fraction of sp³-hybridized carbons (Fsp3) is 0.269. The van der Waals surface area contributed by atoms with Gasteiger partial charge in [-0.1, -0.05) is 35.9 Å². The first-order valence-electron chi connectivity index (χ1n) is 10.6. The van der Waals surface area contributed by atoms with Crippen molar-refractivity contribution in [1.29, 1.82) is 0 Å². The molecule has 2 atom stereocenters. The summed E-state index contributed by atoms with van der Waals surface area (Å²) >= 11 is 0. The van der Waals surface area contributed by atoms with Crippen LogP contribution in [0.25, 0.3) is 6.08 Å². The average Bonchev–Trinajstić information content (AvgIpc) is 2.75. The van der Waals surface area contributed by atoms with Gasteiger partial charge in [0.15, 0.2) is 0 Å². The van der Waals surface area contributed by atoms with E-state index in [0.29, 0.717) is 5.56 Å². The predicted molar refractivity (Wildman–Crippen MR) is 125 cm³/mol. The molecule has 1 heterocycles. The zero-order valence-electron chi connectivity index (χ0n) is 18.1. The van der Waals surface area contributed by atoms with Crippen LogP contribution >= 0.6 is 0 Å². The van der Waals surface area contributed by atoms with E-state index < -0.39 is 5.54 Å². The van der Waals surface area contributed by atoms with Crippen LogP contribution < -0.4 is 10.9 Å². The van der Waals surface area contributed by atoms with Gasteiger partial charge in [0.2, 0.25) is 5.56 Å². The van der Waals surface area contributed by atoms with Crippen LogP contribution in [0.2, 0.25) is 0 Å². The van der Waals surface area contributed by atoms with E-state index in [1.54, 1.807) is 19.2 Å². The standard InChI is InChI=1S/C26H27N3O2/c1-4-21-20-13-17(2)16-26(21,22-10-11-24(30)29-23(22)15-20)28-12-6-8-18-7-5-9-19(14-18)25(31)27-3/h4-14,20H,15-16H2,1-3H3,(H,27,31)(H,29,30)/b8-6+,21-4+,28-12+. The molecule has 2 aliphatic rings. The summed E-state index contributed by atoms with van der Waals surface area (Å²) in [5.41, 5.74) is 5.64. The molecule has 0 saturated carbocycles. The summed E-state index contributed by atoms with van der Waals surface area (Å²) in [6, 6.07) is 11.0. The van der Waals surface area contributed by atoms with Crippen molar-refractivity contribution in [3.63, 3.8) is 0 Å². The van der Waals surface area contributed by atoms with Crippen molar-refractivity contribution in [3.05, 3.63) is 98.5 Å². The van der Waals surface area contributed by atoms with E-state index in [4.69, 9.17) is 4.99 Å². The van der Waals surface area contributed by atoms with E-state index >= 15 is 0 Å².